The van der Waals surface area contributed by atoms with Crippen molar-refractivity contribution in [1.82, 2.24) is 15.5 Å². The molecule has 156 valence electrons. The van der Waals surface area contributed by atoms with E-state index < -0.39 is 5.54 Å². The van der Waals surface area contributed by atoms with Gasteiger partial charge in [0.25, 0.3) is 5.91 Å². The van der Waals surface area contributed by atoms with E-state index in [1.165, 1.54) is 28.9 Å². The number of carbonyl (C=O) groups is 3. The van der Waals surface area contributed by atoms with Crippen molar-refractivity contribution in [2.75, 3.05) is 6.54 Å². The van der Waals surface area contributed by atoms with E-state index in [1.807, 2.05) is 6.92 Å². The predicted molar refractivity (Wildman–Crippen MR) is 110 cm³/mol. The molecule has 2 fully saturated rings. The maximum absolute atomic E-state index is 12.6. The van der Waals surface area contributed by atoms with Gasteiger partial charge >= 0.3 is 6.03 Å². The van der Waals surface area contributed by atoms with Gasteiger partial charge in [0.05, 0.1) is 6.04 Å². The number of hydrogen-bond acceptors (Lipinski definition) is 3. The van der Waals surface area contributed by atoms with Gasteiger partial charge in [-0.1, -0.05) is 31.0 Å². The molecule has 1 spiro atoms. The van der Waals surface area contributed by atoms with Gasteiger partial charge in [-0.05, 0) is 68.6 Å². The lowest BCUT2D eigenvalue weighted by Crippen LogP contribution is -2.44. The molecule has 0 bridgehead atoms. The third-order valence-corrected chi connectivity index (χ3v) is 6.74. The van der Waals surface area contributed by atoms with Crippen LogP contribution in [0.1, 0.15) is 81.0 Å². The average Bonchev–Trinajstić information content (AvgIpc) is 3.27. The Bertz CT molecular complexity index is 814. The zero-order valence-corrected chi connectivity index (χ0v) is 17.3. The average molecular weight is 398 g/mol. The van der Waals surface area contributed by atoms with Crippen molar-refractivity contribution in [3.63, 3.8) is 0 Å². The lowest BCUT2D eigenvalue weighted by molar-refractivity contribution is -0.131. The van der Waals surface area contributed by atoms with Gasteiger partial charge in [-0.3, -0.25) is 14.5 Å². The first-order valence-corrected chi connectivity index (χ1v) is 11.0. The van der Waals surface area contributed by atoms with Crippen LogP contribution in [-0.2, 0) is 22.4 Å². The maximum Gasteiger partial charge on any atom is 0.325 e. The quantitative estimate of drug-likeness (QED) is 0.722. The van der Waals surface area contributed by atoms with Crippen molar-refractivity contribution in [2.24, 2.45) is 0 Å². The molecule has 1 aromatic rings. The summed E-state index contributed by atoms with van der Waals surface area (Å²) in [5.41, 5.74) is 3.32. The van der Waals surface area contributed by atoms with Gasteiger partial charge in [-0.25, -0.2) is 4.79 Å². The lowest BCUT2D eigenvalue weighted by atomic mass is 9.89. The second-order valence-corrected chi connectivity index (χ2v) is 8.80. The molecule has 1 saturated carbocycles. The Balaban J connectivity index is 1.26. The van der Waals surface area contributed by atoms with E-state index in [9.17, 15) is 14.4 Å². The molecule has 4 rings (SSSR count). The Morgan fingerprint density at radius 3 is 2.62 bits per heavy atom. The monoisotopic (exact) mass is 397 g/mol. The Morgan fingerprint density at radius 1 is 1.14 bits per heavy atom. The van der Waals surface area contributed by atoms with Crippen LogP contribution in [0.25, 0.3) is 0 Å². The normalized spacial score (nSPS) is 21.2. The number of nitrogens with one attached hydrogen (secondary N) is 2. The van der Waals surface area contributed by atoms with Crippen molar-refractivity contribution in [3.05, 3.63) is 34.9 Å². The number of hydrogen-bond donors (Lipinski definition) is 2. The number of carbonyl (C=O) groups excluding carboxylic acids is 3. The number of aryl methyl sites for hydroxylation is 2. The summed E-state index contributed by atoms with van der Waals surface area (Å²) in [5, 5.41) is 5.94. The smallest absolute Gasteiger partial charge is 0.325 e. The van der Waals surface area contributed by atoms with Crippen LogP contribution in [0.15, 0.2) is 18.2 Å². The van der Waals surface area contributed by atoms with E-state index in [4.69, 9.17) is 0 Å². The molecule has 2 aliphatic carbocycles. The van der Waals surface area contributed by atoms with Crippen LogP contribution < -0.4 is 10.6 Å². The van der Waals surface area contributed by atoms with Crippen LogP contribution in [0, 0.1) is 0 Å². The molecule has 6 heteroatoms. The summed E-state index contributed by atoms with van der Waals surface area (Å²) in [6.45, 7) is 2.30. The fraction of sp³-hybridized carbons (Fsp3) is 0.609. The van der Waals surface area contributed by atoms with E-state index in [0.29, 0.717) is 19.4 Å². The van der Waals surface area contributed by atoms with Crippen molar-refractivity contribution in [2.45, 2.75) is 82.7 Å². The number of rotatable bonds is 6. The molecular formula is C23H31N3O3. The molecule has 2 N–H and O–H groups in total. The first kappa shape index (κ1) is 19.9. The fourth-order valence-corrected chi connectivity index (χ4v) is 5.01. The van der Waals surface area contributed by atoms with Gasteiger partial charge in [0.2, 0.25) is 5.91 Å². The van der Waals surface area contributed by atoms with Crippen LogP contribution in [0.3, 0.4) is 0 Å². The minimum atomic E-state index is -0.666. The van der Waals surface area contributed by atoms with Gasteiger partial charge in [-0.2, -0.15) is 0 Å². The number of amides is 4. The Kier molecular flexibility index (Phi) is 5.61. The van der Waals surface area contributed by atoms with Crippen LogP contribution in [0.5, 0.6) is 0 Å². The van der Waals surface area contributed by atoms with Crippen LogP contribution in [-0.4, -0.2) is 34.8 Å². The van der Waals surface area contributed by atoms with E-state index in [-0.39, 0.29) is 23.9 Å². The third kappa shape index (κ3) is 4.02. The standard InChI is InChI=1S/C23H31N3O3/c1-16(18-11-10-17-7-2-3-8-19(17)15-18)24-20(27)9-6-14-26-21(28)23(25-22(26)29)12-4-5-13-23/h10-11,15-16H,2-9,12-14H2,1H3,(H,24,27)(H,25,29)/t16-/m1/s1. The molecule has 0 aromatic heterocycles. The summed E-state index contributed by atoms with van der Waals surface area (Å²) in [5.74, 6) is -0.152. The van der Waals surface area contributed by atoms with Gasteiger partial charge in [-0.15, -0.1) is 0 Å². The number of nitrogens with zero attached hydrogens (tertiary/aromatic N) is 1. The van der Waals surface area contributed by atoms with Gasteiger partial charge in [0, 0.05) is 13.0 Å². The molecule has 29 heavy (non-hydrogen) atoms. The maximum atomic E-state index is 12.6. The summed E-state index contributed by atoms with van der Waals surface area (Å²) in [4.78, 5) is 38.5. The predicted octanol–water partition coefficient (Wildman–Crippen LogP) is 3.39. The molecule has 1 aromatic carbocycles. The van der Waals surface area contributed by atoms with E-state index in [2.05, 4.69) is 28.8 Å². The highest BCUT2D eigenvalue weighted by atomic mass is 16.2. The minimum Gasteiger partial charge on any atom is -0.350 e. The zero-order valence-electron chi connectivity index (χ0n) is 17.3. The first-order chi connectivity index (χ1) is 14.0. The number of imide groups is 1. The Hall–Kier alpha value is -2.37. The minimum absolute atomic E-state index is 0.0437. The molecule has 6 nitrogen and oxygen atoms in total. The van der Waals surface area contributed by atoms with Crippen LogP contribution >= 0.6 is 0 Å². The highest BCUT2D eigenvalue weighted by Gasteiger charge is 2.52. The lowest BCUT2D eigenvalue weighted by Gasteiger charge is -2.21. The largest absolute Gasteiger partial charge is 0.350 e. The SMILES string of the molecule is C[C@@H](NC(=O)CCCN1C(=O)NC2(CCCC2)C1=O)c1ccc2c(c1)CCCC2. The van der Waals surface area contributed by atoms with Gasteiger partial charge < -0.3 is 10.6 Å². The number of benzene rings is 1. The first-order valence-electron chi connectivity index (χ1n) is 11.0. The summed E-state index contributed by atoms with van der Waals surface area (Å²) in [7, 11) is 0. The summed E-state index contributed by atoms with van der Waals surface area (Å²) in [6.07, 6.45) is 8.97. The Morgan fingerprint density at radius 2 is 1.86 bits per heavy atom. The highest BCUT2D eigenvalue weighted by molar-refractivity contribution is 6.07. The molecule has 1 heterocycles. The molecule has 1 aliphatic heterocycles. The molecular weight excluding hydrogens is 366 g/mol. The fourth-order valence-electron chi connectivity index (χ4n) is 5.01. The highest BCUT2D eigenvalue weighted by Crippen LogP contribution is 2.35. The number of fused-ring (bicyclic) bond motifs is 1. The molecule has 3 aliphatic rings. The number of urea groups is 1. The van der Waals surface area contributed by atoms with E-state index >= 15 is 0 Å². The van der Waals surface area contributed by atoms with Gasteiger partial charge in [0.1, 0.15) is 5.54 Å². The van der Waals surface area contributed by atoms with Crippen LogP contribution in [0.4, 0.5) is 4.79 Å². The second-order valence-electron chi connectivity index (χ2n) is 8.80. The van der Waals surface area contributed by atoms with Crippen molar-refractivity contribution >= 4 is 17.8 Å². The molecule has 1 atom stereocenters. The van der Waals surface area contributed by atoms with Gasteiger partial charge in [0.15, 0.2) is 0 Å². The molecule has 0 radical (unpaired) electrons. The summed E-state index contributed by atoms with van der Waals surface area (Å²) in [6, 6.07) is 6.19. The second kappa shape index (κ2) is 8.17. The zero-order chi connectivity index (χ0) is 20.4. The third-order valence-electron chi connectivity index (χ3n) is 6.74. The van der Waals surface area contributed by atoms with E-state index in [1.54, 1.807) is 0 Å². The molecule has 0 unspecified atom stereocenters. The van der Waals surface area contributed by atoms with Crippen LogP contribution in [0.2, 0.25) is 0 Å². The molecule has 1 saturated heterocycles. The topological polar surface area (TPSA) is 78.5 Å². The van der Waals surface area contributed by atoms with Crippen molar-refractivity contribution in [3.8, 4) is 0 Å². The summed E-state index contributed by atoms with van der Waals surface area (Å²) < 4.78 is 0. The van der Waals surface area contributed by atoms with E-state index in [0.717, 1.165) is 44.1 Å². The van der Waals surface area contributed by atoms with Crippen molar-refractivity contribution in [1.29, 1.82) is 0 Å². The van der Waals surface area contributed by atoms with Crippen molar-refractivity contribution < 1.29 is 14.4 Å². The summed E-state index contributed by atoms with van der Waals surface area (Å²) >= 11 is 0. The Labute approximate surface area is 172 Å². The molecule has 4 amide bonds.